The second kappa shape index (κ2) is 4.89. The number of hydrogen-bond donors (Lipinski definition) is 1. The average Bonchev–Trinajstić information content (AvgIpc) is 2.61. The lowest BCUT2D eigenvalue weighted by Crippen LogP contribution is -3.16. The molecule has 1 unspecified atom stereocenters. The van der Waals surface area contributed by atoms with Crippen molar-refractivity contribution in [2.75, 3.05) is 27.8 Å². The van der Waals surface area contributed by atoms with Crippen LogP contribution in [0.25, 0.3) is 0 Å². The van der Waals surface area contributed by atoms with Crippen LogP contribution in [0.15, 0.2) is 11.5 Å². The highest BCUT2D eigenvalue weighted by molar-refractivity contribution is 5.96. The van der Waals surface area contributed by atoms with Gasteiger partial charge >= 0.3 is 11.9 Å². The zero-order chi connectivity index (χ0) is 12.9. The molecule has 0 spiro atoms. The molecule has 0 fully saturated rings. The van der Waals surface area contributed by atoms with E-state index in [9.17, 15) is 9.59 Å². The number of halogens is 1. The molecule has 2 heterocycles. The number of urea groups is 1. The molecule has 1 N–H and O–H groups in total. The van der Waals surface area contributed by atoms with Crippen molar-refractivity contribution in [3.8, 4) is 0 Å². The van der Waals surface area contributed by atoms with Crippen molar-refractivity contribution in [1.29, 1.82) is 0 Å². The lowest BCUT2D eigenvalue weighted by Gasteiger charge is -2.32. The summed E-state index contributed by atoms with van der Waals surface area (Å²) in [5.74, 6) is 0.594. The molecule has 2 aliphatic rings. The fraction of sp³-hybridized carbons (Fsp3) is 0.636. The van der Waals surface area contributed by atoms with E-state index in [-0.39, 0.29) is 35.0 Å². The molecule has 0 aromatic carbocycles. The van der Waals surface area contributed by atoms with Crippen molar-refractivity contribution >= 4 is 11.9 Å². The number of carbonyl (C=O) groups is 2. The van der Waals surface area contributed by atoms with E-state index in [2.05, 4.69) is 18.7 Å². The van der Waals surface area contributed by atoms with Crippen molar-refractivity contribution in [1.82, 2.24) is 14.7 Å². The van der Waals surface area contributed by atoms with Crippen LogP contribution in [-0.4, -0.2) is 60.5 Å². The molecular formula is C11H19BrN4O2. The van der Waals surface area contributed by atoms with Gasteiger partial charge in [0.15, 0.2) is 11.5 Å². The van der Waals surface area contributed by atoms with Gasteiger partial charge in [-0.1, -0.05) is 0 Å². The van der Waals surface area contributed by atoms with Crippen LogP contribution in [0, 0.1) is 0 Å². The van der Waals surface area contributed by atoms with Crippen LogP contribution in [-0.2, 0) is 4.79 Å². The number of imide groups is 1. The van der Waals surface area contributed by atoms with Gasteiger partial charge in [-0.15, -0.1) is 0 Å². The molecule has 6 nitrogen and oxygen atoms in total. The largest absolute Gasteiger partial charge is 1.00 e. The first kappa shape index (κ1) is 15.0. The van der Waals surface area contributed by atoms with Gasteiger partial charge in [-0.25, -0.2) is 14.5 Å². The number of likely N-dealkylation sites (N-methyl/N-ethyl adjacent to an activating group) is 2. The Kier molecular flexibility index (Phi) is 4.07. The number of carbonyl (C=O) groups excluding carboxylic acids is 2. The van der Waals surface area contributed by atoms with Crippen molar-refractivity contribution in [3.63, 3.8) is 0 Å². The van der Waals surface area contributed by atoms with Crippen LogP contribution < -0.4 is 21.9 Å². The van der Waals surface area contributed by atoms with Gasteiger partial charge in [-0.2, -0.15) is 4.90 Å². The standard InChI is InChI=1S/C11H18N4O2.BrH/c1-7(2)15-6-12(3)8-9(15)13(4)11(17)14(5)10(8)16;/h7H,6H2,1-5H3;1H. The predicted octanol–water partition coefficient (Wildman–Crippen LogP) is -4.12. The highest BCUT2D eigenvalue weighted by atomic mass is 79.9. The molecule has 7 heteroatoms. The minimum atomic E-state index is -0.199. The molecule has 18 heavy (non-hydrogen) atoms. The van der Waals surface area contributed by atoms with Gasteiger partial charge < -0.3 is 26.8 Å². The molecular weight excluding hydrogens is 300 g/mol. The lowest BCUT2D eigenvalue weighted by molar-refractivity contribution is -0.711. The molecule has 0 bridgehead atoms. The predicted molar refractivity (Wildman–Crippen MR) is 61.7 cm³/mol. The van der Waals surface area contributed by atoms with Crippen LogP contribution in [0.1, 0.15) is 13.8 Å². The van der Waals surface area contributed by atoms with Crippen LogP contribution >= 0.6 is 0 Å². The van der Waals surface area contributed by atoms with Crippen molar-refractivity contribution in [2.45, 2.75) is 19.9 Å². The fourth-order valence-corrected chi connectivity index (χ4v) is 2.33. The molecule has 0 aliphatic carbocycles. The van der Waals surface area contributed by atoms with E-state index in [1.807, 2.05) is 11.9 Å². The van der Waals surface area contributed by atoms with Crippen LogP contribution in [0.4, 0.5) is 4.79 Å². The molecule has 2 aliphatic heterocycles. The number of amides is 3. The quantitative estimate of drug-likeness (QED) is 0.534. The Morgan fingerprint density at radius 2 is 1.78 bits per heavy atom. The first-order valence-electron chi connectivity index (χ1n) is 5.74. The number of quaternary nitrogens is 1. The topological polar surface area (TPSA) is 48.3 Å². The SMILES string of the molecule is CC(C)N1CN(C)C2=C1N(C)C(=O)[NH+](C)C2=O.[Br-]. The lowest BCUT2D eigenvalue weighted by atomic mass is 10.2. The van der Waals surface area contributed by atoms with Gasteiger partial charge in [0.05, 0.1) is 13.7 Å². The van der Waals surface area contributed by atoms with E-state index in [4.69, 9.17) is 0 Å². The van der Waals surface area contributed by atoms with Crippen LogP contribution in [0.2, 0.25) is 0 Å². The summed E-state index contributed by atoms with van der Waals surface area (Å²) in [4.78, 5) is 29.9. The maximum atomic E-state index is 12.1. The van der Waals surface area contributed by atoms with E-state index < -0.39 is 0 Å². The first-order chi connectivity index (χ1) is 7.86. The Hall–Kier alpha value is -1.08. The number of nitrogens with zero attached hydrogens (tertiary/aromatic N) is 3. The maximum Gasteiger partial charge on any atom is 0.430 e. The average molecular weight is 319 g/mol. The van der Waals surface area contributed by atoms with Gasteiger partial charge in [0.2, 0.25) is 0 Å². The molecule has 1 atom stereocenters. The Morgan fingerprint density at radius 1 is 1.22 bits per heavy atom. The van der Waals surface area contributed by atoms with E-state index in [1.54, 1.807) is 19.0 Å². The van der Waals surface area contributed by atoms with Crippen molar-refractivity contribution < 1.29 is 31.5 Å². The second-order valence-corrected chi connectivity index (χ2v) is 4.89. The third-order valence-corrected chi connectivity index (χ3v) is 3.35. The molecule has 0 aromatic heterocycles. The summed E-state index contributed by atoms with van der Waals surface area (Å²) in [6, 6.07) is 0.0566. The minimum absolute atomic E-state index is 0. The van der Waals surface area contributed by atoms with Gasteiger partial charge in [0, 0.05) is 20.1 Å². The second-order valence-electron chi connectivity index (χ2n) is 4.89. The summed E-state index contributed by atoms with van der Waals surface area (Å²) in [6.07, 6.45) is 0. The minimum Gasteiger partial charge on any atom is -1.00 e. The summed E-state index contributed by atoms with van der Waals surface area (Å²) in [6.45, 7) is 4.76. The van der Waals surface area contributed by atoms with Gasteiger partial charge in [0.25, 0.3) is 0 Å². The maximum absolute atomic E-state index is 12.1. The Labute approximate surface area is 118 Å². The molecule has 0 saturated carbocycles. The molecule has 0 saturated heterocycles. The molecule has 2 rings (SSSR count). The number of nitrogens with one attached hydrogen (secondary N) is 1. The Morgan fingerprint density at radius 3 is 2.28 bits per heavy atom. The molecule has 0 radical (unpaired) electrons. The van der Waals surface area contributed by atoms with Crippen molar-refractivity contribution in [3.05, 3.63) is 11.5 Å². The monoisotopic (exact) mass is 318 g/mol. The third kappa shape index (κ3) is 1.91. The van der Waals surface area contributed by atoms with E-state index in [0.717, 1.165) is 5.82 Å². The molecule has 3 amide bonds. The molecule has 0 aromatic rings. The highest BCUT2D eigenvalue weighted by Gasteiger charge is 2.47. The molecule has 102 valence electrons. The van der Waals surface area contributed by atoms with E-state index >= 15 is 0 Å². The normalized spacial score (nSPS) is 23.9. The van der Waals surface area contributed by atoms with E-state index in [0.29, 0.717) is 17.3 Å². The van der Waals surface area contributed by atoms with E-state index in [1.165, 1.54) is 0 Å². The smallest absolute Gasteiger partial charge is 0.430 e. The number of rotatable bonds is 1. The summed E-state index contributed by atoms with van der Waals surface area (Å²) < 4.78 is 0. The summed E-state index contributed by atoms with van der Waals surface area (Å²) >= 11 is 0. The zero-order valence-corrected chi connectivity index (χ0v) is 12.9. The van der Waals surface area contributed by atoms with Gasteiger partial charge in [0.1, 0.15) is 0 Å². The summed E-state index contributed by atoms with van der Waals surface area (Å²) in [5.41, 5.74) is 0.637. The van der Waals surface area contributed by atoms with Gasteiger partial charge in [-0.05, 0) is 13.8 Å². The summed E-state index contributed by atoms with van der Waals surface area (Å²) in [5, 5.41) is 0. The zero-order valence-electron chi connectivity index (χ0n) is 11.3. The van der Waals surface area contributed by atoms with Crippen LogP contribution in [0.5, 0.6) is 0 Å². The highest BCUT2D eigenvalue weighted by Crippen LogP contribution is 2.27. The Balaban J connectivity index is 0.00000162. The third-order valence-electron chi connectivity index (χ3n) is 3.35. The first-order valence-corrected chi connectivity index (χ1v) is 5.74. The van der Waals surface area contributed by atoms with Gasteiger partial charge in [-0.3, -0.25) is 0 Å². The van der Waals surface area contributed by atoms with Crippen molar-refractivity contribution in [2.24, 2.45) is 0 Å². The summed E-state index contributed by atoms with van der Waals surface area (Å²) in [7, 11) is 5.20. The fourth-order valence-electron chi connectivity index (χ4n) is 2.33. The Bertz CT molecular complexity index is 421. The van der Waals surface area contributed by atoms with Crippen LogP contribution in [0.3, 0.4) is 0 Å². The number of hydrogen-bond acceptors (Lipinski definition) is 4.